The predicted octanol–water partition coefficient (Wildman–Crippen LogP) is -1.38. The van der Waals surface area contributed by atoms with Crippen molar-refractivity contribution in [2.75, 3.05) is 6.54 Å². The Morgan fingerprint density at radius 2 is 1.88 bits per heavy atom. The van der Waals surface area contributed by atoms with E-state index in [0.717, 1.165) is 0 Å². The van der Waals surface area contributed by atoms with Gasteiger partial charge in [0.1, 0.15) is 6.54 Å². The first-order valence-corrected chi connectivity index (χ1v) is 1.69. The van der Waals surface area contributed by atoms with Crippen molar-refractivity contribution in [2.45, 2.75) is 0 Å². The highest BCUT2D eigenvalue weighted by molar-refractivity contribution is 4.80. The van der Waals surface area contributed by atoms with Crippen molar-refractivity contribution in [3.63, 3.8) is 0 Å². The summed E-state index contributed by atoms with van der Waals surface area (Å²) in [6, 6.07) is 0. The van der Waals surface area contributed by atoms with Crippen molar-refractivity contribution in [1.82, 2.24) is 0 Å². The van der Waals surface area contributed by atoms with Crippen LogP contribution < -0.4 is 5.73 Å². The van der Waals surface area contributed by atoms with E-state index in [0.29, 0.717) is 6.54 Å². The lowest BCUT2D eigenvalue weighted by molar-refractivity contribution is -0.402. The first-order chi connectivity index (χ1) is 3.65. The highest BCUT2D eigenvalue weighted by Gasteiger charge is 1.46. The molecule has 8 heavy (non-hydrogen) atoms. The molecule has 0 saturated carbocycles. The van der Waals surface area contributed by atoms with Gasteiger partial charge in [-0.25, -0.2) is 0 Å². The largest absolute Gasteiger partial charge is 0.356 e. The lowest BCUT2D eigenvalue weighted by Crippen LogP contribution is -2.49. The molecule has 0 atom stereocenters. The normalized spacial score (nSPS) is 5.50. The summed E-state index contributed by atoms with van der Waals surface area (Å²) in [6.45, 7) is 0.597. The quantitative estimate of drug-likeness (QED) is 0.241. The van der Waals surface area contributed by atoms with Gasteiger partial charge in [-0.05, 0) is 5.92 Å². The molecule has 0 spiro atoms. The van der Waals surface area contributed by atoms with Gasteiger partial charge in [-0.2, -0.15) is 0 Å². The van der Waals surface area contributed by atoms with Crippen molar-refractivity contribution in [1.29, 1.82) is 0 Å². The van der Waals surface area contributed by atoms with Crippen molar-refractivity contribution < 1.29 is 10.8 Å². The van der Waals surface area contributed by atoms with E-state index in [-0.39, 0.29) is 0 Å². The predicted molar refractivity (Wildman–Crippen MR) is 26.9 cm³/mol. The van der Waals surface area contributed by atoms with E-state index < -0.39 is 5.09 Å². The Balaban J connectivity index is 0. The molecule has 0 aromatic heterocycles. The maximum absolute atomic E-state index is 8.25. The van der Waals surface area contributed by atoms with Crippen LogP contribution in [0.25, 0.3) is 0 Å². The third-order valence-electron chi connectivity index (χ3n) is 0.144. The molecule has 0 aliphatic carbocycles. The fraction of sp³-hybridized carbons (Fsp3) is 0.333. The molecule has 0 amide bonds. The molecule has 5 heteroatoms. The molecule has 46 valence electrons. The van der Waals surface area contributed by atoms with E-state index in [9.17, 15) is 0 Å². The van der Waals surface area contributed by atoms with Crippen LogP contribution in [0.3, 0.4) is 0 Å². The van der Waals surface area contributed by atoms with E-state index in [2.05, 4.69) is 11.7 Å². The number of rotatable bonds is 0. The third-order valence-corrected chi connectivity index (χ3v) is 0.144. The second-order valence-electron chi connectivity index (χ2n) is 0.678. The van der Waals surface area contributed by atoms with Crippen molar-refractivity contribution >= 4 is 0 Å². The molecule has 0 aliphatic heterocycles. The third kappa shape index (κ3) is 833. The highest BCUT2D eigenvalue weighted by Crippen LogP contribution is 1.44. The van der Waals surface area contributed by atoms with Crippen LogP contribution in [0.4, 0.5) is 0 Å². The van der Waals surface area contributed by atoms with Gasteiger partial charge < -0.3 is 21.1 Å². The summed E-state index contributed by atoms with van der Waals surface area (Å²) in [4.78, 5) is 8.25. The molecule has 0 aromatic rings. The Morgan fingerprint density at radius 1 is 1.75 bits per heavy atom. The Kier molecular flexibility index (Phi) is 11.4. The molecule has 0 aromatic carbocycles. The van der Waals surface area contributed by atoms with Gasteiger partial charge in [0.25, 0.3) is 0 Å². The Morgan fingerprint density at radius 3 is 1.88 bits per heavy atom. The summed E-state index contributed by atoms with van der Waals surface area (Å²) in [6.07, 6.45) is 4.72. The molecule has 0 bridgehead atoms. The lowest BCUT2D eigenvalue weighted by atomic mass is 10.7. The van der Waals surface area contributed by atoms with Crippen LogP contribution in [0, 0.1) is 27.7 Å². The van der Waals surface area contributed by atoms with Gasteiger partial charge in [0.2, 0.25) is 0 Å². The van der Waals surface area contributed by atoms with Gasteiger partial charge in [0.15, 0.2) is 0 Å². The fourth-order valence-corrected chi connectivity index (χ4v) is 0. The first-order valence-electron chi connectivity index (χ1n) is 1.69. The van der Waals surface area contributed by atoms with Crippen molar-refractivity contribution in [3.8, 4) is 12.3 Å². The molecule has 0 saturated heterocycles. The maximum Gasteiger partial charge on any atom is 0.136 e. The minimum Gasteiger partial charge on any atom is -0.356 e. The molecule has 0 aliphatic rings. The van der Waals surface area contributed by atoms with Gasteiger partial charge in [0.05, 0.1) is 5.09 Å². The standard InChI is InChI=1S/C3H5N.NO3/c1-2-3-4;2-1(3)4/h1H,3-4H2;/q;-1/p+1. The number of nitrogens with zero attached hydrogens (tertiary/aromatic N) is 1. The number of hydrogen-bond acceptors (Lipinski definition) is 3. The number of terminal acetylenes is 1. The van der Waals surface area contributed by atoms with Crippen molar-refractivity contribution in [3.05, 3.63) is 15.3 Å². The number of hydrogen-bond donors (Lipinski definition) is 1. The zero-order chi connectivity index (χ0) is 6.99. The summed E-state index contributed by atoms with van der Waals surface area (Å²) < 4.78 is 0. The van der Waals surface area contributed by atoms with E-state index in [4.69, 9.17) is 21.7 Å². The van der Waals surface area contributed by atoms with Crippen LogP contribution in [0.1, 0.15) is 0 Å². The molecule has 0 heterocycles. The summed E-state index contributed by atoms with van der Waals surface area (Å²) in [5.41, 5.74) is 3.37. The molecule has 3 N–H and O–H groups in total. The second-order valence-corrected chi connectivity index (χ2v) is 0.678. The molecule has 0 unspecified atom stereocenters. The maximum atomic E-state index is 8.25. The molecular weight excluding hydrogens is 112 g/mol. The Bertz CT molecular complexity index is 91.2. The smallest absolute Gasteiger partial charge is 0.136 e. The average Bonchev–Trinajstić information content (AvgIpc) is 1.65. The monoisotopic (exact) mass is 118 g/mol. The first kappa shape index (κ1) is 9.87. The van der Waals surface area contributed by atoms with Crippen LogP contribution in [-0.4, -0.2) is 11.6 Å². The van der Waals surface area contributed by atoms with Crippen LogP contribution in [0.5, 0.6) is 0 Å². The lowest BCUT2D eigenvalue weighted by Gasteiger charge is -1.74. The molecule has 5 nitrogen and oxygen atoms in total. The summed E-state index contributed by atoms with van der Waals surface area (Å²) in [5.74, 6) is 2.32. The average molecular weight is 118 g/mol. The van der Waals surface area contributed by atoms with Gasteiger partial charge in [-0.1, -0.05) is 0 Å². The highest BCUT2D eigenvalue weighted by atomic mass is 16.9. The van der Waals surface area contributed by atoms with Crippen LogP contribution >= 0.6 is 0 Å². The van der Waals surface area contributed by atoms with Gasteiger partial charge in [-0.3, -0.25) is 0 Å². The Labute approximate surface area is 46.2 Å². The van der Waals surface area contributed by atoms with Gasteiger partial charge in [-0.15, -0.1) is 6.42 Å². The zero-order valence-corrected chi connectivity index (χ0v) is 4.16. The zero-order valence-electron chi connectivity index (χ0n) is 4.16. The second kappa shape index (κ2) is 9.21. The minimum absolute atomic E-state index is 0.597. The fourth-order valence-electron chi connectivity index (χ4n) is 0. The van der Waals surface area contributed by atoms with Crippen LogP contribution in [-0.2, 0) is 0 Å². The number of quaternary nitrogens is 1. The van der Waals surface area contributed by atoms with E-state index >= 15 is 0 Å². The SMILES string of the molecule is C#CC[NH3+].O=[N+]([O-])[O-]. The summed E-state index contributed by atoms with van der Waals surface area (Å²) >= 11 is 0. The molecular formula is C3H6N2O3. The summed E-state index contributed by atoms with van der Waals surface area (Å²) in [7, 11) is 0. The van der Waals surface area contributed by atoms with Gasteiger partial charge >= 0.3 is 0 Å². The minimum atomic E-state index is -1.75. The van der Waals surface area contributed by atoms with E-state index in [1.54, 1.807) is 0 Å². The molecule has 0 radical (unpaired) electrons. The molecule has 0 fully saturated rings. The van der Waals surface area contributed by atoms with Crippen LogP contribution in [0.15, 0.2) is 0 Å². The van der Waals surface area contributed by atoms with Crippen molar-refractivity contribution in [2.24, 2.45) is 0 Å². The summed E-state index contributed by atoms with van der Waals surface area (Å²) in [5, 5.41) is 14.8. The topological polar surface area (TPSA) is 93.8 Å². The van der Waals surface area contributed by atoms with Crippen LogP contribution in [0.2, 0.25) is 0 Å². The van der Waals surface area contributed by atoms with E-state index in [1.165, 1.54) is 0 Å². The van der Waals surface area contributed by atoms with E-state index in [1.807, 2.05) is 0 Å². The Hall–Kier alpha value is -1.28. The molecule has 0 rings (SSSR count). The van der Waals surface area contributed by atoms with Gasteiger partial charge in [0, 0.05) is 0 Å².